The molecule has 0 aromatic rings. The summed E-state index contributed by atoms with van der Waals surface area (Å²) >= 11 is 0. The van der Waals surface area contributed by atoms with Gasteiger partial charge in [-0.25, -0.2) is 0 Å². The minimum atomic E-state index is 0.826. The van der Waals surface area contributed by atoms with Crippen molar-refractivity contribution in [2.24, 2.45) is 11.3 Å². The molecule has 1 aliphatic carbocycles. The van der Waals surface area contributed by atoms with Gasteiger partial charge in [0.15, 0.2) is 0 Å². The summed E-state index contributed by atoms with van der Waals surface area (Å²) in [5.41, 5.74) is 0.826. The molecular weight excluding hydrogens is 172 g/mol. The highest BCUT2D eigenvalue weighted by Gasteiger charge is 2.47. The van der Waals surface area contributed by atoms with E-state index >= 15 is 0 Å². The molecule has 1 spiro atoms. The Morgan fingerprint density at radius 3 is 2.43 bits per heavy atom. The van der Waals surface area contributed by atoms with Crippen molar-refractivity contribution in [2.75, 3.05) is 32.7 Å². The van der Waals surface area contributed by atoms with Crippen molar-refractivity contribution >= 4 is 0 Å². The average molecular weight is 194 g/mol. The maximum Gasteiger partial charge on any atom is 0.00506 e. The summed E-state index contributed by atoms with van der Waals surface area (Å²) < 4.78 is 0. The summed E-state index contributed by atoms with van der Waals surface area (Å²) in [5.74, 6) is 0.994. The second-order valence-electron chi connectivity index (χ2n) is 5.72. The second-order valence-corrected chi connectivity index (χ2v) is 5.72. The third-order valence-corrected chi connectivity index (χ3v) is 4.51. The largest absolute Gasteiger partial charge is 0.317 e. The Morgan fingerprint density at radius 1 is 1.14 bits per heavy atom. The van der Waals surface area contributed by atoms with E-state index in [1.807, 2.05) is 0 Å². The highest BCUT2D eigenvalue weighted by molar-refractivity contribution is 5.00. The molecule has 14 heavy (non-hydrogen) atoms. The van der Waals surface area contributed by atoms with E-state index in [0.717, 1.165) is 11.3 Å². The van der Waals surface area contributed by atoms with Gasteiger partial charge >= 0.3 is 0 Å². The summed E-state index contributed by atoms with van der Waals surface area (Å²) in [4.78, 5) is 2.70. The first-order valence-corrected chi connectivity index (χ1v) is 6.29. The summed E-state index contributed by atoms with van der Waals surface area (Å²) in [7, 11) is 0. The Labute approximate surface area is 87.0 Å². The van der Waals surface area contributed by atoms with Gasteiger partial charge in [0.25, 0.3) is 0 Å². The van der Waals surface area contributed by atoms with Crippen molar-refractivity contribution in [1.29, 1.82) is 0 Å². The molecular formula is C12H22N2. The van der Waals surface area contributed by atoms with E-state index < -0.39 is 0 Å². The lowest BCUT2D eigenvalue weighted by Crippen LogP contribution is -2.60. The van der Waals surface area contributed by atoms with Crippen molar-refractivity contribution in [3.8, 4) is 0 Å². The Balaban J connectivity index is 1.41. The van der Waals surface area contributed by atoms with Crippen LogP contribution < -0.4 is 5.32 Å². The predicted molar refractivity (Wildman–Crippen MR) is 58.3 cm³/mol. The molecule has 3 rings (SSSR count). The van der Waals surface area contributed by atoms with Crippen LogP contribution in [0.3, 0.4) is 0 Å². The fourth-order valence-electron chi connectivity index (χ4n) is 3.45. The Bertz CT molecular complexity index is 196. The normalized spacial score (nSPS) is 32.6. The zero-order valence-corrected chi connectivity index (χ0v) is 9.10. The van der Waals surface area contributed by atoms with Gasteiger partial charge in [0, 0.05) is 19.6 Å². The van der Waals surface area contributed by atoms with Crippen LogP contribution in [-0.4, -0.2) is 37.6 Å². The number of nitrogens with zero attached hydrogens (tertiary/aromatic N) is 1. The highest BCUT2D eigenvalue weighted by Crippen LogP contribution is 2.48. The molecule has 0 radical (unpaired) electrons. The first kappa shape index (κ1) is 9.17. The molecule has 1 saturated carbocycles. The maximum atomic E-state index is 3.44. The lowest BCUT2D eigenvalue weighted by atomic mass is 9.63. The van der Waals surface area contributed by atoms with E-state index in [9.17, 15) is 0 Å². The fraction of sp³-hybridized carbons (Fsp3) is 1.00. The Kier molecular flexibility index (Phi) is 2.29. The van der Waals surface area contributed by atoms with E-state index in [-0.39, 0.29) is 0 Å². The third-order valence-electron chi connectivity index (χ3n) is 4.51. The number of piperidine rings is 1. The summed E-state index contributed by atoms with van der Waals surface area (Å²) in [6, 6.07) is 0. The lowest BCUT2D eigenvalue weighted by molar-refractivity contribution is -0.0680. The standard InChI is InChI=1S/C12H22N2/c1-4-12(5-1)9-14(10-12)8-11-2-6-13-7-3-11/h11,13H,1-10H2. The number of likely N-dealkylation sites (tertiary alicyclic amines) is 1. The number of hydrogen-bond acceptors (Lipinski definition) is 2. The summed E-state index contributed by atoms with van der Waals surface area (Å²) in [5, 5.41) is 3.44. The van der Waals surface area contributed by atoms with Crippen LogP contribution in [0.15, 0.2) is 0 Å². The first-order valence-electron chi connectivity index (χ1n) is 6.29. The van der Waals surface area contributed by atoms with Crippen LogP contribution in [0.1, 0.15) is 32.1 Å². The zero-order chi connectivity index (χ0) is 9.43. The third kappa shape index (κ3) is 1.59. The molecule has 3 aliphatic rings. The molecule has 2 aliphatic heterocycles. The van der Waals surface area contributed by atoms with Crippen molar-refractivity contribution in [2.45, 2.75) is 32.1 Å². The molecule has 0 amide bonds. The SMILES string of the molecule is C1CC2(C1)CN(CC1CCNCC1)C2. The van der Waals surface area contributed by atoms with Gasteiger partial charge in [0.05, 0.1) is 0 Å². The fourth-order valence-corrected chi connectivity index (χ4v) is 3.45. The first-order chi connectivity index (χ1) is 6.86. The van der Waals surface area contributed by atoms with E-state index in [2.05, 4.69) is 10.2 Å². The molecule has 0 aromatic carbocycles. The van der Waals surface area contributed by atoms with Crippen molar-refractivity contribution < 1.29 is 0 Å². The molecule has 0 bridgehead atoms. The Morgan fingerprint density at radius 2 is 1.86 bits per heavy atom. The van der Waals surface area contributed by atoms with Crippen LogP contribution >= 0.6 is 0 Å². The molecule has 0 aromatic heterocycles. The molecule has 2 saturated heterocycles. The molecule has 0 unspecified atom stereocenters. The quantitative estimate of drug-likeness (QED) is 0.716. The zero-order valence-electron chi connectivity index (χ0n) is 9.10. The van der Waals surface area contributed by atoms with E-state index in [1.54, 1.807) is 0 Å². The van der Waals surface area contributed by atoms with Gasteiger partial charge < -0.3 is 10.2 Å². The van der Waals surface area contributed by atoms with Crippen LogP contribution in [0.4, 0.5) is 0 Å². The van der Waals surface area contributed by atoms with Gasteiger partial charge in [-0.05, 0) is 50.1 Å². The van der Waals surface area contributed by atoms with Crippen LogP contribution in [-0.2, 0) is 0 Å². The van der Waals surface area contributed by atoms with Gasteiger partial charge in [-0.15, -0.1) is 0 Å². The Hall–Kier alpha value is -0.0800. The van der Waals surface area contributed by atoms with Gasteiger partial charge in [-0.3, -0.25) is 0 Å². The highest BCUT2D eigenvalue weighted by atomic mass is 15.2. The van der Waals surface area contributed by atoms with Crippen molar-refractivity contribution in [3.05, 3.63) is 0 Å². The molecule has 3 fully saturated rings. The molecule has 2 heteroatoms. The summed E-state index contributed by atoms with van der Waals surface area (Å²) in [6.07, 6.45) is 7.36. The van der Waals surface area contributed by atoms with Gasteiger partial charge in [0.2, 0.25) is 0 Å². The number of hydrogen-bond donors (Lipinski definition) is 1. The second kappa shape index (κ2) is 3.49. The topological polar surface area (TPSA) is 15.3 Å². The van der Waals surface area contributed by atoms with E-state index in [4.69, 9.17) is 0 Å². The molecule has 2 heterocycles. The van der Waals surface area contributed by atoms with E-state index in [1.165, 1.54) is 64.8 Å². The van der Waals surface area contributed by atoms with Crippen LogP contribution in [0, 0.1) is 11.3 Å². The molecule has 1 N–H and O–H groups in total. The smallest absolute Gasteiger partial charge is 0.00506 e. The van der Waals surface area contributed by atoms with Crippen LogP contribution in [0.5, 0.6) is 0 Å². The minimum Gasteiger partial charge on any atom is -0.317 e. The van der Waals surface area contributed by atoms with Gasteiger partial charge in [0.1, 0.15) is 0 Å². The monoisotopic (exact) mass is 194 g/mol. The summed E-state index contributed by atoms with van der Waals surface area (Å²) in [6.45, 7) is 6.75. The average Bonchev–Trinajstić information content (AvgIpc) is 2.09. The van der Waals surface area contributed by atoms with Crippen LogP contribution in [0.25, 0.3) is 0 Å². The van der Waals surface area contributed by atoms with Crippen LogP contribution in [0.2, 0.25) is 0 Å². The minimum absolute atomic E-state index is 0.826. The van der Waals surface area contributed by atoms with E-state index in [0.29, 0.717) is 0 Å². The van der Waals surface area contributed by atoms with Gasteiger partial charge in [-0.1, -0.05) is 6.42 Å². The van der Waals surface area contributed by atoms with Crippen molar-refractivity contribution in [1.82, 2.24) is 10.2 Å². The van der Waals surface area contributed by atoms with Gasteiger partial charge in [-0.2, -0.15) is 0 Å². The number of rotatable bonds is 2. The lowest BCUT2D eigenvalue weighted by Gasteiger charge is -2.57. The molecule has 0 atom stereocenters. The number of nitrogens with one attached hydrogen (secondary N) is 1. The maximum absolute atomic E-state index is 3.44. The van der Waals surface area contributed by atoms with Crippen molar-refractivity contribution in [3.63, 3.8) is 0 Å². The molecule has 80 valence electrons. The molecule has 2 nitrogen and oxygen atoms in total. The predicted octanol–water partition coefficient (Wildman–Crippen LogP) is 1.47.